The van der Waals surface area contributed by atoms with E-state index in [4.69, 9.17) is 0 Å². The molecule has 7 nitrogen and oxygen atoms in total. The second-order valence-electron chi connectivity index (χ2n) is 9.05. The lowest BCUT2D eigenvalue weighted by atomic mass is 10.1. The quantitative estimate of drug-likeness (QED) is 0.277. The maximum Gasteiger partial charge on any atom is 0.416 e. The summed E-state index contributed by atoms with van der Waals surface area (Å²) in [6.07, 6.45) is -4.73. The van der Waals surface area contributed by atoms with Crippen LogP contribution in [0.4, 0.5) is 22.0 Å². The second kappa shape index (κ2) is 10.3. The van der Waals surface area contributed by atoms with Crippen LogP contribution in [0.3, 0.4) is 0 Å². The predicted molar refractivity (Wildman–Crippen MR) is 138 cm³/mol. The van der Waals surface area contributed by atoms with Gasteiger partial charge >= 0.3 is 6.18 Å². The Kier molecular flexibility index (Phi) is 7.00. The van der Waals surface area contributed by atoms with E-state index >= 15 is 0 Å². The molecule has 0 aliphatic rings. The van der Waals surface area contributed by atoms with E-state index in [0.29, 0.717) is 22.0 Å². The van der Waals surface area contributed by atoms with Gasteiger partial charge in [-0.1, -0.05) is 12.1 Å². The molecule has 1 amide bonds. The summed E-state index contributed by atoms with van der Waals surface area (Å²) in [6, 6.07) is 9.15. The Morgan fingerprint density at radius 1 is 1.07 bits per heavy atom. The number of thiazole rings is 1. The predicted octanol–water partition coefficient (Wildman–Crippen LogP) is 5.38. The minimum Gasteiger partial charge on any atom is -0.352 e. The summed E-state index contributed by atoms with van der Waals surface area (Å²) < 4.78 is 69.6. The van der Waals surface area contributed by atoms with Crippen LogP contribution < -0.4 is 10.9 Å². The lowest BCUT2D eigenvalue weighted by molar-refractivity contribution is -0.137. The van der Waals surface area contributed by atoms with Gasteiger partial charge in [0.25, 0.3) is 5.56 Å². The third-order valence-electron chi connectivity index (χ3n) is 6.19. The monoisotopic (exact) mass is 573 g/mol. The van der Waals surface area contributed by atoms with Crippen molar-refractivity contribution < 1.29 is 26.7 Å². The minimum absolute atomic E-state index is 0.121. The van der Waals surface area contributed by atoms with Crippen LogP contribution in [-0.4, -0.2) is 25.1 Å². The van der Waals surface area contributed by atoms with Crippen LogP contribution in [0.2, 0.25) is 0 Å². The smallest absolute Gasteiger partial charge is 0.352 e. The third kappa shape index (κ3) is 5.24. The van der Waals surface area contributed by atoms with Crippen LogP contribution in [0.15, 0.2) is 58.7 Å². The molecule has 0 bridgehead atoms. The second-order valence-corrected chi connectivity index (χ2v) is 9.89. The number of hydrogen-bond donors (Lipinski definition) is 1. The Labute approximate surface area is 227 Å². The summed E-state index contributed by atoms with van der Waals surface area (Å²) >= 11 is 1.15. The Morgan fingerprint density at radius 3 is 2.60 bits per heavy atom. The van der Waals surface area contributed by atoms with Gasteiger partial charge in [0.15, 0.2) is 4.96 Å². The van der Waals surface area contributed by atoms with Gasteiger partial charge in [0.1, 0.15) is 23.0 Å². The molecule has 40 heavy (non-hydrogen) atoms. The molecule has 0 spiro atoms. The molecule has 0 saturated carbocycles. The Bertz CT molecular complexity index is 1820. The molecule has 0 atom stereocenters. The zero-order valence-electron chi connectivity index (χ0n) is 21.0. The number of aryl methyl sites for hydroxylation is 2. The van der Waals surface area contributed by atoms with Gasteiger partial charge in [0.2, 0.25) is 5.91 Å². The van der Waals surface area contributed by atoms with Gasteiger partial charge in [-0.15, -0.1) is 11.3 Å². The van der Waals surface area contributed by atoms with E-state index in [1.54, 1.807) is 25.3 Å². The molecule has 0 radical (unpaired) electrons. The zero-order chi connectivity index (χ0) is 28.8. The van der Waals surface area contributed by atoms with E-state index in [-0.39, 0.29) is 35.5 Å². The molecular formula is C27H20F5N5O2S. The normalized spacial score (nSPS) is 11.8. The molecule has 5 aromatic rings. The van der Waals surface area contributed by atoms with Gasteiger partial charge in [-0.25, -0.2) is 18.4 Å². The van der Waals surface area contributed by atoms with Crippen molar-refractivity contribution in [2.45, 2.75) is 33.0 Å². The third-order valence-corrected chi connectivity index (χ3v) is 7.06. The number of carbonyl (C=O) groups excluding carboxylic acids is 1. The van der Waals surface area contributed by atoms with Crippen LogP contribution in [0, 0.1) is 25.5 Å². The van der Waals surface area contributed by atoms with Gasteiger partial charge < -0.3 is 5.32 Å². The standard InChI is InChI=1S/C27H20F5N5O2S/c1-14-8-21(35-37(14)22-10-18(28)6-7-20(22)29)24-15(2)34-26-36(25(24)39)19(13-40-26)11-23(38)33-12-16-4-3-5-17(9-16)27(30,31)32/h3-10,13H,11-12H2,1-2H3,(H,33,38). The molecule has 13 heteroatoms. The molecule has 206 valence electrons. The molecular weight excluding hydrogens is 553 g/mol. The van der Waals surface area contributed by atoms with Gasteiger partial charge in [0.05, 0.1) is 23.2 Å². The fourth-order valence-electron chi connectivity index (χ4n) is 4.30. The summed E-state index contributed by atoms with van der Waals surface area (Å²) in [5, 5.41) is 8.52. The summed E-state index contributed by atoms with van der Waals surface area (Å²) in [6.45, 7) is 3.12. The number of hydrogen-bond acceptors (Lipinski definition) is 5. The molecule has 1 N–H and O–H groups in total. The van der Waals surface area contributed by atoms with Crippen LogP contribution in [0.5, 0.6) is 0 Å². The summed E-state index contributed by atoms with van der Waals surface area (Å²) in [5.41, 5.74) is 0.277. The highest BCUT2D eigenvalue weighted by molar-refractivity contribution is 7.15. The van der Waals surface area contributed by atoms with Crippen LogP contribution >= 0.6 is 11.3 Å². The molecule has 2 aromatic carbocycles. The Balaban J connectivity index is 1.43. The van der Waals surface area contributed by atoms with Crippen molar-refractivity contribution in [1.29, 1.82) is 0 Å². The van der Waals surface area contributed by atoms with Gasteiger partial charge in [-0.2, -0.15) is 18.3 Å². The lowest BCUT2D eigenvalue weighted by Crippen LogP contribution is -2.27. The number of amides is 1. The van der Waals surface area contributed by atoms with Gasteiger partial charge in [0, 0.05) is 29.4 Å². The largest absolute Gasteiger partial charge is 0.416 e. The number of alkyl halides is 3. The van der Waals surface area contributed by atoms with E-state index in [2.05, 4.69) is 15.4 Å². The first-order chi connectivity index (χ1) is 18.9. The SMILES string of the molecule is Cc1nc2scc(CC(=O)NCc3cccc(C(F)(F)F)c3)n2c(=O)c1-c1cc(C)n(-c2cc(F)ccc2F)n1. The first-order valence-corrected chi connectivity index (χ1v) is 12.8. The highest BCUT2D eigenvalue weighted by atomic mass is 32.1. The minimum atomic E-state index is -4.50. The summed E-state index contributed by atoms with van der Waals surface area (Å²) in [5.74, 6) is -1.85. The molecule has 0 unspecified atom stereocenters. The van der Waals surface area contributed by atoms with E-state index in [1.807, 2.05) is 0 Å². The first-order valence-electron chi connectivity index (χ1n) is 11.9. The van der Waals surface area contributed by atoms with Crippen molar-refractivity contribution >= 4 is 22.2 Å². The average Bonchev–Trinajstić information content (AvgIpc) is 3.47. The Hall–Kier alpha value is -4.39. The first kappa shape index (κ1) is 27.2. The van der Waals surface area contributed by atoms with E-state index in [9.17, 15) is 31.5 Å². The number of rotatable bonds is 6. The highest BCUT2D eigenvalue weighted by Gasteiger charge is 2.30. The number of benzene rings is 2. The van der Waals surface area contributed by atoms with E-state index < -0.39 is 34.8 Å². The maximum absolute atomic E-state index is 14.4. The van der Waals surface area contributed by atoms with Crippen LogP contribution in [-0.2, 0) is 23.9 Å². The molecule has 0 fully saturated rings. The number of fused-ring (bicyclic) bond motifs is 1. The fraction of sp³-hybridized carbons (Fsp3) is 0.185. The van der Waals surface area contributed by atoms with Crippen molar-refractivity contribution in [3.63, 3.8) is 0 Å². The average molecular weight is 574 g/mol. The lowest BCUT2D eigenvalue weighted by Gasteiger charge is -2.10. The number of nitrogens with zero attached hydrogens (tertiary/aromatic N) is 4. The highest BCUT2D eigenvalue weighted by Crippen LogP contribution is 2.29. The molecule has 3 heterocycles. The molecule has 0 aliphatic carbocycles. The van der Waals surface area contributed by atoms with Gasteiger partial charge in [-0.3, -0.25) is 14.0 Å². The zero-order valence-corrected chi connectivity index (χ0v) is 21.8. The summed E-state index contributed by atoms with van der Waals surface area (Å²) in [4.78, 5) is 31.1. The number of halogens is 5. The van der Waals surface area contributed by atoms with Crippen molar-refractivity contribution in [3.8, 4) is 16.9 Å². The van der Waals surface area contributed by atoms with Crippen molar-refractivity contribution in [2.24, 2.45) is 0 Å². The molecule has 0 saturated heterocycles. The number of aromatic nitrogens is 4. The number of carbonyl (C=O) groups is 1. The molecule has 5 rings (SSSR count). The Morgan fingerprint density at radius 2 is 1.85 bits per heavy atom. The van der Waals surface area contributed by atoms with E-state index in [0.717, 1.165) is 41.7 Å². The van der Waals surface area contributed by atoms with Crippen LogP contribution in [0.1, 0.15) is 28.2 Å². The maximum atomic E-state index is 14.4. The fourth-order valence-corrected chi connectivity index (χ4v) is 5.22. The molecule has 0 aliphatic heterocycles. The van der Waals surface area contributed by atoms with E-state index in [1.165, 1.54) is 21.2 Å². The van der Waals surface area contributed by atoms with Crippen molar-refractivity contribution in [1.82, 2.24) is 24.5 Å². The number of nitrogens with one attached hydrogen (secondary N) is 1. The van der Waals surface area contributed by atoms with Gasteiger partial charge in [-0.05, 0) is 49.7 Å². The van der Waals surface area contributed by atoms with Crippen molar-refractivity contribution in [2.75, 3.05) is 0 Å². The topological polar surface area (TPSA) is 81.3 Å². The summed E-state index contributed by atoms with van der Waals surface area (Å²) in [7, 11) is 0. The molecule has 3 aromatic heterocycles. The van der Waals surface area contributed by atoms with Crippen molar-refractivity contribution in [3.05, 3.63) is 104 Å². The van der Waals surface area contributed by atoms with Crippen LogP contribution in [0.25, 0.3) is 21.9 Å².